The number of nitrogens with zero attached hydrogens (tertiary/aromatic N) is 2. The summed E-state index contributed by atoms with van der Waals surface area (Å²) >= 11 is 1.24. The zero-order chi connectivity index (χ0) is 28.0. The Morgan fingerprint density at radius 2 is 1.89 bits per heavy atom. The number of amides is 1. The zero-order valence-corrected chi connectivity index (χ0v) is 21.0. The molecule has 1 unspecified atom stereocenters. The third-order valence-electron chi connectivity index (χ3n) is 6.12. The molecule has 0 aliphatic carbocycles. The molecule has 4 aromatic rings. The summed E-state index contributed by atoms with van der Waals surface area (Å²) in [5.74, 6) is -4.68. The summed E-state index contributed by atoms with van der Waals surface area (Å²) in [6, 6.07) is 8.03. The Morgan fingerprint density at radius 3 is 2.47 bits per heavy atom. The number of aliphatic hydroxyl groups is 6. The van der Waals surface area contributed by atoms with E-state index in [-0.39, 0.29) is 17.0 Å². The number of anilines is 1. The lowest BCUT2D eigenvalue weighted by Crippen LogP contribution is -2.66. The number of aromatic nitrogens is 2. The van der Waals surface area contributed by atoms with Crippen LogP contribution in [-0.2, 0) is 5.60 Å². The Hall–Kier alpha value is -3.43. The first-order chi connectivity index (χ1) is 17.7. The molecule has 0 fully saturated rings. The summed E-state index contributed by atoms with van der Waals surface area (Å²) in [6.45, 7) is 6.22. The van der Waals surface area contributed by atoms with E-state index in [0.29, 0.717) is 28.0 Å². The second kappa shape index (κ2) is 9.71. The second-order valence-electron chi connectivity index (χ2n) is 8.73. The fraction of sp³-hybridized carbons (Fsp3) is 0.240. The molecular weight excluding hydrogens is 511 g/mol. The molecule has 2 radical (unpaired) electrons. The molecule has 0 spiro atoms. The highest BCUT2D eigenvalue weighted by Gasteiger charge is 2.61. The molecule has 11 nitrogen and oxygen atoms in total. The molecule has 0 aliphatic rings. The Bertz CT molecular complexity index is 1550. The number of primary amides is 1. The van der Waals surface area contributed by atoms with Gasteiger partial charge in [-0.15, -0.1) is 11.3 Å². The van der Waals surface area contributed by atoms with Crippen molar-refractivity contribution in [3.05, 3.63) is 59.2 Å². The van der Waals surface area contributed by atoms with Gasteiger partial charge in [0.15, 0.2) is 13.5 Å². The highest BCUT2D eigenvalue weighted by Crippen LogP contribution is 2.44. The summed E-state index contributed by atoms with van der Waals surface area (Å²) in [5.41, 5.74) is -1.06. The van der Waals surface area contributed by atoms with E-state index in [1.54, 1.807) is 18.2 Å². The van der Waals surface area contributed by atoms with E-state index in [1.165, 1.54) is 29.5 Å². The van der Waals surface area contributed by atoms with Crippen LogP contribution < -0.4 is 11.1 Å². The average molecular weight is 536 g/mol. The Morgan fingerprint density at radius 1 is 1.18 bits per heavy atom. The standard InChI is InChI=1S/C25H25BN4O7S/c1-3-9-28-20-19-13-5-6-17(30-16(13)7-8-18(19)38-21(20)22(27)31)14-10-12(4-2)29-11-15(14)23(32,24(26,33)34)25(35,36)37/h4-8,10-11,28,32-37H,2-3,9H2,1H3,(H2,27,31). The number of carbonyl (C=O) groups excluding carboxylic acids is 1. The van der Waals surface area contributed by atoms with Gasteiger partial charge in [-0.1, -0.05) is 13.5 Å². The highest BCUT2D eigenvalue weighted by atomic mass is 32.1. The number of benzene rings is 1. The van der Waals surface area contributed by atoms with Crippen molar-refractivity contribution in [1.82, 2.24) is 9.97 Å². The third-order valence-corrected chi connectivity index (χ3v) is 7.29. The van der Waals surface area contributed by atoms with Gasteiger partial charge >= 0.3 is 5.97 Å². The summed E-state index contributed by atoms with van der Waals surface area (Å²) in [6.07, 6.45) is 3.05. The number of nitrogens with one attached hydrogen (secondary N) is 1. The van der Waals surface area contributed by atoms with Crippen LogP contribution in [0.15, 0.2) is 43.1 Å². The minimum atomic E-state index is -4.11. The maximum absolute atomic E-state index is 12.1. The molecule has 9 N–H and O–H groups in total. The van der Waals surface area contributed by atoms with Crippen molar-refractivity contribution < 1.29 is 35.4 Å². The number of pyridine rings is 2. The SMILES string of the molecule is [B]C(O)(O)C(O)(c1cnc(C=C)cc1-c1ccc2c(ccc3sc(C(N)=O)c(NCCC)c32)n1)C(O)(O)O. The van der Waals surface area contributed by atoms with Gasteiger partial charge in [-0.3, -0.25) is 9.78 Å². The van der Waals surface area contributed by atoms with Crippen LogP contribution in [0.2, 0.25) is 0 Å². The smallest absolute Gasteiger partial charge is 0.315 e. The first kappa shape index (κ1) is 27.6. The van der Waals surface area contributed by atoms with Crippen molar-refractivity contribution in [1.29, 1.82) is 0 Å². The van der Waals surface area contributed by atoms with Gasteiger partial charge < -0.3 is 41.7 Å². The quantitative estimate of drug-likeness (QED) is 0.111. The van der Waals surface area contributed by atoms with Crippen molar-refractivity contribution in [3.63, 3.8) is 0 Å². The fourth-order valence-electron chi connectivity index (χ4n) is 4.25. The number of carbonyl (C=O) groups is 1. The Balaban J connectivity index is 2.01. The molecule has 1 aromatic carbocycles. The minimum absolute atomic E-state index is 0.0636. The molecular formula is C25H25BN4O7S. The van der Waals surface area contributed by atoms with Gasteiger partial charge in [0.05, 0.1) is 22.6 Å². The molecule has 0 saturated heterocycles. The van der Waals surface area contributed by atoms with E-state index in [2.05, 4.69) is 21.9 Å². The van der Waals surface area contributed by atoms with Crippen molar-refractivity contribution in [2.24, 2.45) is 5.73 Å². The summed E-state index contributed by atoms with van der Waals surface area (Å²) in [4.78, 5) is 21.1. The van der Waals surface area contributed by atoms with E-state index in [4.69, 9.17) is 13.6 Å². The van der Waals surface area contributed by atoms with E-state index >= 15 is 0 Å². The monoisotopic (exact) mass is 536 g/mol. The van der Waals surface area contributed by atoms with Crippen LogP contribution in [-0.4, -0.2) is 72.6 Å². The lowest BCUT2D eigenvalue weighted by molar-refractivity contribution is -0.439. The molecule has 3 aromatic heterocycles. The number of rotatable bonds is 9. The van der Waals surface area contributed by atoms with Crippen LogP contribution in [0, 0.1) is 0 Å². The van der Waals surface area contributed by atoms with Gasteiger partial charge in [0.25, 0.3) is 5.91 Å². The van der Waals surface area contributed by atoms with Crippen LogP contribution in [0.3, 0.4) is 0 Å². The average Bonchev–Trinajstić information content (AvgIpc) is 3.24. The second-order valence-corrected chi connectivity index (χ2v) is 9.78. The predicted molar refractivity (Wildman–Crippen MR) is 144 cm³/mol. The Labute approximate surface area is 221 Å². The maximum atomic E-state index is 12.1. The van der Waals surface area contributed by atoms with Gasteiger partial charge in [-0.05, 0) is 42.8 Å². The molecule has 3 heterocycles. The molecule has 196 valence electrons. The molecule has 4 rings (SSSR count). The maximum Gasteiger partial charge on any atom is 0.315 e. The molecule has 1 atom stereocenters. The van der Waals surface area contributed by atoms with Crippen molar-refractivity contribution in [3.8, 4) is 11.3 Å². The van der Waals surface area contributed by atoms with E-state index < -0.39 is 28.7 Å². The number of hydrogen-bond acceptors (Lipinski definition) is 11. The number of fused-ring (bicyclic) bond motifs is 3. The topological polar surface area (TPSA) is 202 Å². The van der Waals surface area contributed by atoms with Crippen molar-refractivity contribution in [2.45, 2.75) is 30.6 Å². The predicted octanol–water partition coefficient (Wildman–Crippen LogP) is 0.700. The van der Waals surface area contributed by atoms with Gasteiger partial charge in [0, 0.05) is 39.3 Å². The van der Waals surface area contributed by atoms with Gasteiger partial charge in [0.2, 0.25) is 5.60 Å². The minimum Gasteiger partial charge on any atom is -0.383 e. The number of nitrogens with two attached hydrogens (primary N) is 1. The highest BCUT2D eigenvalue weighted by molar-refractivity contribution is 7.21. The lowest BCUT2D eigenvalue weighted by atomic mass is 9.71. The summed E-state index contributed by atoms with van der Waals surface area (Å²) in [5, 5.41) is 65.5. The third kappa shape index (κ3) is 4.43. The van der Waals surface area contributed by atoms with Gasteiger partial charge in [-0.2, -0.15) is 0 Å². The lowest BCUT2D eigenvalue weighted by Gasteiger charge is -2.43. The first-order valence-corrected chi connectivity index (χ1v) is 12.2. The Kier molecular flexibility index (Phi) is 7.05. The number of thiophene rings is 1. The van der Waals surface area contributed by atoms with Crippen LogP contribution >= 0.6 is 11.3 Å². The first-order valence-electron chi connectivity index (χ1n) is 11.4. The van der Waals surface area contributed by atoms with Crippen LogP contribution in [0.4, 0.5) is 5.69 Å². The van der Waals surface area contributed by atoms with Gasteiger partial charge in [-0.25, -0.2) is 4.98 Å². The van der Waals surface area contributed by atoms with Gasteiger partial charge in [0.1, 0.15) is 4.88 Å². The van der Waals surface area contributed by atoms with Crippen LogP contribution in [0.5, 0.6) is 0 Å². The largest absolute Gasteiger partial charge is 0.383 e. The molecule has 0 saturated carbocycles. The number of hydrogen-bond donors (Lipinski definition) is 8. The van der Waals surface area contributed by atoms with E-state index in [1.807, 2.05) is 6.92 Å². The van der Waals surface area contributed by atoms with Crippen molar-refractivity contribution >= 4 is 57.8 Å². The molecule has 0 aliphatic heterocycles. The van der Waals surface area contributed by atoms with Crippen LogP contribution in [0.25, 0.3) is 38.3 Å². The molecule has 0 bridgehead atoms. The fourth-order valence-corrected chi connectivity index (χ4v) is 5.30. The molecule has 38 heavy (non-hydrogen) atoms. The molecule has 13 heteroatoms. The van der Waals surface area contributed by atoms with E-state index in [0.717, 1.165) is 22.7 Å². The normalized spacial score (nSPS) is 14.0. The molecule has 1 amide bonds. The summed E-state index contributed by atoms with van der Waals surface area (Å²) in [7, 11) is 5.25. The zero-order valence-electron chi connectivity index (χ0n) is 20.2. The van der Waals surface area contributed by atoms with Crippen LogP contribution in [0.1, 0.15) is 34.3 Å². The van der Waals surface area contributed by atoms with E-state index in [9.17, 15) is 35.4 Å². The van der Waals surface area contributed by atoms with Crippen molar-refractivity contribution in [2.75, 3.05) is 11.9 Å². The summed E-state index contributed by atoms with van der Waals surface area (Å²) < 4.78 is 0.798.